The van der Waals surface area contributed by atoms with E-state index in [2.05, 4.69) is 31.1 Å². The van der Waals surface area contributed by atoms with E-state index < -0.39 is 0 Å². The third kappa shape index (κ3) is 3.15. The van der Waals surface area contributed by atoms with Gasteiger partial charge in [0, 0.05) is 16.4 Å². The van der Waals surface area contributed by atoms with Crippen molar-refractivity contribution in [2.75, 3.05) is 0 Å². The minimum atomic E-state index is 0.0381. The number of ketones is 1. The zero-order valence-electron chi connectivity index (χ0n) is 12.8. The summed E-state index contributed by atoms with van der Waals surface area (Å²) in [6, 6.07) is 5.97. The molecule has 3 heteroatoms. The Balaban J connectivity index is 2.22. The summed E-state index contributed by atoms with van der Waals surface area (Å²) in [5.41, 5.74) is 4.04. The lowest BCUT2D eigenvalue weighted by Crippen LogP contribution is -2.12. The second kappa shape index (κ2) is 5.49. The number of rotatable bonds is 3. The van der Waals surface area contributed by atoms with Gasteiger partial charge >= 0.3 is 0 Å². The molecule has 0 radical (unpaired) electrons. The van der Waals surface area contributed by atoms with Gasteiger partial charge in [0.2, 0.25) is 0 Å². The number of Topliss-reactive ketones (excluding diaryl/α,β-unsaturated/α-hetero) is 1. The number of hydrogen-bond donors (Lipinski definition) is 0. The molecule has 0 aliphatic carbocycles. The van der Waals surface area contributed by atoms with Crippen LogP contribution in [0.3, 0.4) is 0 Å². The number of thiazole rings is 1. The molecule has 0 aliphatic rings. The van der Waals surface area contributed by atoms with Crippen LogP contribution in [0.15, 0.2) is 23.6 Å². The van der Waals surface area contributed by atoms with E-state index in [9.17, 15) is 4.79 Å². The van der Waals surface area contributed by atoms with Crippen molar-refractivity contribution in [2.24, 2.45) is 0 Å². The molecule has 0 bridgehead atoms. The second-order valence-electron chi connectivity index (χ2n) is 6.24. The molecule has 0 unspecified atom stereocenters. The third-order valence-corrected chi connectivity index (χ3v) is 4.24. The Bertz CT molecular complexity index is 614. The molecule has 20 heavy (non-hydrogen) atoms. The second-order valence-corrected chi connectivity index (χ2v) is 7.19. The van der Waals surface area contributed by atoms with E-state index in [-0.39, 0.29) is 11.2 Å². The molecule has 0 saturated heterocycles. The highest BCUT2D eigenvalue weighted by molar-refractivity contribution is 7.09. The molecule has 0 N–H and O–H groups in total. The van der Waals surface area contributed by atoms with Gasteiger partial charge in [-0.1, -0.05) is 39.0 Å². The normalized spacial score (nSPS) is 11.7. The van der Waals surface area contributed by atoms with Crippen LogP contribution in [0.4, 0.5) is 0 Å². The highest BCUT2D eigenvalue weighted by atomic mass is 32.1. The van der Waals surface area contributed by atoms with Crippen LogP contribution in [-0.2, 0) is 11.8 Å². The molecule has 0 saturated carbocycles. The summed E-state index contributed by atoms with van der Waals surface area (Å²) in [7, 11) is 0. The fourth-order valence-electron chi connectivity index (χ4n) is 2.22. The average Bonchev–Trinajstić information content (AvgIpc) is 2.76. The quantitative estimate of drug-likeness (QED) is 0.779. The number of benzene rings is 1. The van der Waals surface area contributed by atoms with Gasteiger partial charge in [0.25, 0.3) is 0 Å². The molecule has 0 spiro atoms. The largest absolute Gasteiger partial charge is 0.294 e. The summed E-state index contributed by atoms with van der Waals surface area (Å²) >= 11 is 1.58. The van der Waals surface area contributed by atoms with E-state index in [1.54, 1.807) is 11.3 Å². The van der Waals surface area contributed by atoms with Gasteiger partial charge in [-0.2, -0.15) is 0 Å². The molecule has 0 atom stereocenters. The maximum absolute atomic E-state index is 12.5. The standard InChI is InChI=1S/C17H21NOS/c1-11-7-6-8-12(2)16(11)13(19)9-15-18-14(10-20-15)17(3,4)5/h6-8,10H,9H2,1-5H3. The summed E-state index contributed by atoms with van der Waals surface area (Å²) in [5.74, 6) is 0.162. The van der Waals surface area contributed by atoms with Crippen LogP contribution < -0.4 is 0 Å². The van der Waals surface area contributed by atoms with Gasteiger partial charge in [-0.25, -0.2) is 4.98 Å². The highest BCUT2D eigenvalue weighted by Crippen LogP contribution is 2.25. The van der Waals surface area contributed by atoms with E-state index in [1.807, 2.05) is 32.0 Å². The van der Waals surface area contributed by atoms with Gasteiger partial charge in [0.05, 0.1) is 12.1 Å². The van der Waals surface area contributed by atoms with Crippen LogP contribution in [0.5, 0.6) is 0 Å². The van der Waals surface area contributed by atoms with Gasteiger partial charge in [-0.3, -0.25) is 4.79 Å². The van der Waals surface area contributed by atoms with Crippen molar-refractivity contribution >= 4 is 17.1 Å². The van der Waals surface area contributed by atoms with Crippen molar-refractivity contribution in [3.05, 3.63) is 51.0 Å². The number of hydrogen-bond acceptors (Lipinski definition) is 3. The van der Waals surface area contributed by atoms with Gasteiger partial charge in [0.1, 0.15) is 5.01 Å². The molecule has 0 fully saturated rings. The monoisotopic (exact) mass is 287 g/mol. The van der Waals surface area contributed by atoms with E-state index in [1.165, 1.54) is 0 Å². The summed E-state index contributed by atoms with van der Waals surface area (Å²) in [6.45, 7) is 10.4. The lowest BCUT2D eigenvalue weighted by atomic mass is 9.93. The van der Waals surface area contributed by atoms with Gasteiger partial charge in [-0.15, -0.1) is 11.3 Å². The molecule has 2 aromatic rings. The molecule has 106 valence electrons. The van der Waals surface area contributed by atoms with Crippen LogP contribution in [-0.4, -0.2) is 10.8 Å². The molecule has 2 rings (SSSR count). The first kappa shape index (κ1) is 14.9. The Labute approximate surface area is 124 Å². The molecule has 0 aliphatic heterocycles. The zero-order valence-corrected chi connectivity index (χ0v) is 13.6. The Hall–Kier alpha value is -1.48. The van der Waals surface area contributed by atoms with E-state index in [4.69, 9.17) is 0 Å². The number of carbonyl (C=O) groups excluding carboxylic acids is 1. The molecular weight excluding hydrogens is 266 g/mol. The maximum atomic E-state index is 12.5. The van der Waals surface area contributed by atoms with Crippen molar-refractivity contribution in [2.45, 2.75) is 46.5 Å². The van der Waals surface area contributed by atoms with E-state index in [0.717, 1.165) is 27.4 Å². The van der Waals surface area contributed by atoms with Gasteiger partial charge in [-0.05, 0) is 25.0 Å². The van der Waals surface area contributed by atoms with Gasteiger partial charge < -0.3 is 0 Å². The topological polar surface area (TPSA) is 30.0 Å². The Kier molecular flexibility index (Phi) is 4.09. The summed E-state index contributed by atoms with van der Waals surface area (Å²) in [5, 5.41) is 2.97. The average molecular weight is 287 g/mol. The number of aryl methyl sites for hydroxylation is 2. The lowest BCUT2D eigenvalue weighted by molar-refractivity contribution is 0.0991. The first-order chi connectivity index (χ1) is 9.29. The number of nitrogens with zero attached hydrogens (tertiary/aromatic N) is 1. The highest BCUT2D eigenvalue weighted by Gasteiger charge is 2.19. The van der Waals surface area contributed by atoms with Crippen LogP contribution in [0.1, 0.15) is 53.0 Å². The first-order valence-corrected chi connectivity index (χ1v) is 7.71. The molecule has 2 nitrogen and oxygen atoms in total. The van der Waals surface area contributed by atoms with E-state index >= 15 is 0 Å². The van der Waals surface area contributed by atoms with Crippen molar-refractivity contribution in [1.82, 2.24) is 4.98 Å². The predicted molar refractivity (Wildman–Crippen MR) is 84.8 cm³/mol. The Morgan fingerprint density at radius 1 is 1.20 bits per heavy atom. The van der Waals surface area contributed by atoms with Crippen LogP contribution in [0, 0.1) is 13.8 Å². The molecule has 1 aromatic heterocycles. The molecule has 1 heterocycles. The number of carbonyl (C=O) groups is 1. The van der Waals surface area contributed by atoms with Crippen molar-refractivity contribution in [3.8, 4) is 0 Å². The smallest absolute Gasteiger partial charge is 0.170 e. The lowest BCUT2D eigenvalue weighted by Gasteiger charge is -2.14. The van der Waals surface area contributed by atoms with Crippen LogP contribution in [0.2, 0.25) is 0 Å². The van der Waals surface area contributed by atoms with E-state index in [0.29, 0.717) is 6.42 Å². The summed E-state index contributed by atoms with van der Waals surface area (Å²) < 4.78 is 0. The maximum Gasteiger partial charge on any atom is 0.170 e. The Morgan fingerprint density at radius 2 is 1.80 bits per heavy atom. The molecule has 0 amide bonds. The van der Waals surface area contributed by atoms with Gasteiger partial charge in [0.15, 0.2) is 5.78 Å². The van der Waals surface area contributed by atoms with Crippen LogP contribution in [0.25, 0.3) is 0 Å². The zero-order chi connectivity index (χ0) is 14.9. The summed E-state index contributed by atoms with van der Waals surface area (Å²) in [6.07, 6.45) is 0.395. The summed E-state index contributed by atoms with van der Waals surface area (Å²) in [4.78, 5) is 17.1. The number of aromatic nitrogens is 1. The first-order valence-electron chi connectivity index (χ1n) is 6.83. The SMILES string of the molecule is Cc1cccc(C)c1C(=O)Cc1nc(C(C)(C)C)cs1. The van der Waals surface area contributed by atoms with Crippen molar-refractivity contribution < 1.29 is 4.79 Å². The molecule has 1 aromatic carbocycles. The minimum Gasteiger partial charge on any atom is -0.294 e. The Morgan fingerprint density at radius 3 is 2.30 bits per heavy atom. The van der Waals surface area contributed by atoms with Crippen LogP contribution >= 0.6 is 11.3 Å². The fraction of sp³-hybridized carbons (Fsp3) is 0.412. The van der Waals surface area contributed by atoms with Crippen molar-refractivity contribution in [1.29, 1.82) is 0 Å². The third-order valence-electron chi connectivity index (χ3n) is 3.39. The minimum absolute atomic E-state index is 0.0381. The predicted octanol–water partition coefficient (Wildman–Crippen LogP) is 4.48. The van der Waals surface area contributed by atoms with Crippen molar-refractivity contribution in [3.63, 3.8) is 0 Å². The molecular formula is C17H21NOS. The fourth-order valence-corrected chi connectivity index (χ4v) is 3.24.